The lowest BCUT2D eigenvalue weighted by atomic mass is 10.2. The lowest BCUT2D eigenvalue weighted by Crippen LogP contribution is -2.04. The van der Waals surface area contributed by atoms with E-state index >= 15 is 0 Å². The maximum Gasteiger partial charge on any atom is 0.251 e. The third-order valence-corrected chi connectivity index (χ3v) is 1.55. The summed E-state index contributed by atoms with van der Waals surface area (Å²) in [7, 11) is 0. The van der Waals surface area contributed by atoms with Crippen molar-refractivity contribution in [3.05, 3.63) is 35.6 Å². The molecule has 0 amide bonds. The zero-order chi connectivity index (χ0) is 11.1. The molecule has 0 unspecified atom stereocenters. The predicted molar refractivity (Wildman–Crippen MR) is 54.5 cm³/mol. The number of halogens is 1. The Labute approximate surface area is 86.1 Å². The quantitative estimate of drug-likeness (QED) is 0.325. The molecule has 0 fully saturated rings. The van der Waals surface area contributed by atoms with Crippen LogP contribution in [0.3, 0.4) is 0 Å². The largest absolute Gasteiger partial charge is 0.337 e. The molecular weight excluding hydrogens is 199 g/mol. The van der Waals surface area contributed by atoms with Crippen molar-refractivity contribution in [1.82, 2.24) is 0 Å². The van der Waals surface area contributed by atoms with Gasteiger partial charge in [0.15, 0.2) is 0 Å². The Morgan fingerprint density at radius 3 is 2.67 bits per heavy atom. The van der Waals surface area contributed by atoms with Crippen LogP contribution in [0.2, 0.25) is 0 Å². The van der Waals surface area contributed by atoms with Gasteiger partial charge >= 0.3 is 0 Å². The summed E-state index contributed by atoms with van der Waals surface area (Å²) in [6.07, 6.45) is 0.621. The molecule has 0 bridgehead atoms. The number of carbonyl (C=O) groups excluding carboxylic acids is 1. The van der Waals surface area contributed by atoms with E-state index in [1.54, 1.807) is 0 Å². The highest BCUT2D eigenvalue weighted by atomic mass is 19.1. The summed E-state index contributed by atoms with van der Waals surface area (Å²) in [5.41, 5.74) is 0.533. The first kappa shape index (κ1) is 11.0. The summed E-state index contributed by atoms with van der Waals surface area (Å²) in [6.45, 7) is 3.10. The molecule has 0 aromatic heterocycles. The van der Waals surface area contributed by atoms with Crippen LogP contribution < -0.4 is 0 Å². The summed E-state index contributed by atoms with van der Waals surface area (Å²) in [5, 5.41) is 3.20. The van der Waals surface area contributed by atoms with Crippen molar-refractivity contribution in [3.8, 4) is 0 Å². The second-order valence-corrected chi connectivity index (χ2v) is 2.54. The number of benzene rings is 1. The van der Waals surface area contributed by atoms with Gasteiger partial charge in [0, 0.05) is 12.3 Å². The monoisotopic (exact) mass is 208 g/mol. The van der Waals surface area contributed by atoms with Gasteiger partial charge < -0.3 is 9.63 Å². The highest BCUT2D eigenvalue weighted by Gasteiger charge is 2.04. The van der Waals surface area contributed by atoms with E-state index in [-0.39, 0.29) is 18.3 Å². The van der Waals surface area contributed by atoms with E-state index < -0.39 is 0 Å². The minimum absolute atomic E-state index is 0.0395. The van der Waals surface area contributed by atoms with Crippen LogP contribution in [0.1, 0.15) is 5.56 Å². The summed E-state index contributed by atoms with van der Waals surface area (Å²) in [5.74, 6) is -0.225. The van der Waals surface area contributed by atoms with Gasteiger partial charge in [-0.15, -0.1) is 0 Å². The molecule has 0 aliphatic carbocycles. The molecule has 0 aliphatic heterocycles. The lowest BCUT2D eigenvalue weighted by Gasteiger charge is -2.02. The Balaban J connectivity index is 2.92. The first-order chi connectivity index (χ1) is 7.27. The van der Waals surface area contributed by atoms with Crippen molar-refractivity contribution >= 4 is 18.9 Å². The number of aldehydes is 1. The molecule has 1 aromatic carbocycles. The van der Waals surface area contributed by atoms with Gasteiger partial charge in [-0.05, 0) is 24.3 Å². The van der Waals surface area contributed by atoms with Gasteiger partial charge in [0.25, 0.3) is 5.90 Å². The van der Waals surface area contributed by atoms with Crippen LogP contribution in [0.15, 0.2) is 34.4 Å². The Kier molecular flexibility index (Phi) is 4.15. The second kappa shape index (κ2) is 5.64. The number of aliphatic imine (C=N–C) groups is 1. The van der Waals surface area contributed by atoms with E-state index in [0.29, 0.717) is 11.8 Å². The van der Waals surface area contributed by atoms with Crippen LogP contribution in [0, 0.1) is 5.82 Å². The van der Waals surface area contributed by atoms with Crippen LogP contribution in [-0.2, 0) is 9.63 Å². The summed E-state index contributed by atoms with van der Waals surface area (Å²) < 4.78 is 12.6. The lowest BCUT2D eigenvalue weighted by molar-refractivity contribution is -0.106. The fourth-order valence-electron chi connectivity index (χ4n) is 0.947. The highest BCUT2D eigenvalue weighted by Crippen LogP contribution is 2.05. The zero-order valence-corrected chi connectivity index (χ0v) is 7.89. The first-order valence-electron chi connectivity index (χ1n) is 4.15. The topological polar surface area (TPSA) is 51.0 Å². The van der Waals surface area contributed by atoms with E-state index in [2.05, 4.69) is 16.9 Å². The predicted octanol–water partition coefficient (Wildman–Crippen LogP) is 1.40. The fourth-order valence-corrected chi connectivity index (χ4v) is 0.947. The number of nitrogens with zero attached hydrogens (tertiary/aromatic N) is 2. The maximum absolute atomic E-state index is 12.6. The van der Waals surface area contributed by atoms with Crippen LogP contribution in [0.5, 0.6) is 0 Å². The number of hydrogen-bond acceptors (Lipinski definition) is 4. The van der Waals surface area contributed by atoms with Crippen molar-refractivity contribution in [2.24, 2.45) is 10.1 Å². The molecule has 1 rings (SSSR count). The van der Waals surface area contributed by atoms with Crippen molar-refractivity contribution in [3.63, 3.8) is 0 Å². The standard InChI is InChI=1S/C10H9FN2O2/c1-12-15-10(13-6-7-14)8-2-4-9(11)5-3-8/h2-5,7H,1,6H2. The van der Waals surface area contributed by atoms with Crippen molar-refractivity contribution < 1.29 is 14.0 Å². The molecule has 15 heavy (non-hydrogen) atoms. The van der Waals surface area contributed by atoms with Crippen molar-refractivity contribution in [1.29, 1.82) is 0 Å². The summed E-state index contributed by atoms with van der Waals surface area (Å²) in [4.78, 5) is 18.7. The van der Waals surface area contributed by atoms with Crippen LogP contribution >= 0.6 is 0 Å². The van der Waals surface area contributed by atoms with Crippen molar-refractivity contribution in [2.45, 2.75) is 0 Å². The molecule has 0 heterocycles. The van der Waals surface area contributed by atoms with Gasteiger partial charge in [-0.25, -0.2) is 9.38 Å². The van der Waals surface area contributed by atoms with E-state index in [1.807, 2.05) is 0 Å². The third kappa shape index (κ3) is 3.30. The SMILES string of the molecule is C=NOC(=NCC=O)c1ccc(F)cc1. The Bertz CT molecular complexity index is 374. The zero-order valence-electron chi connectivity index (χ0n) is 7.89. The maximum atomic E-state index is 12.6. The van der Waals surface area contributed by atoms with E-state index in [4.69, 9.17) is 4.84 Å². The van der Waals surface area contributed by atoms with Gasteiger partial charge in [0.05, 0.1) is 6.54 Å². The molecular formula is C10H9FN2O2. The second-order valence-electron chi connectivity index (χ2n) is 2.54. The molecule has 0 saturated heterocycles. The van der Waals surface area contributed by atoms with Gasteiger partial charge in [-0.1, -0.05) is 5.16 Å². The Morgan fingerprint density at radius 1 is 1.47 bits per heavy atom. The number of hydrogen-bond donors (Lipinski definition) is 0. The molecule has 0 N–H and O–H groups in total. The summed E-state index contributed by atoms with van der Waals surface area (Å²) >= 11 is 0. The van der Waals surface area contributed by atoms with E-state index in [1.165, 1.54) is 24.3 Å². The Hall–Kier alpha value is -2.04. The van der Waals surface area contributed by atoms with Crippen molar-refractivity contribution in [2.75, 3.05) is 6.54 Å². The molecule has 0 atom stereocenters. The molecule has 0 spiro atoms. The van der Waals surface area contributed by atoms with Crippen LogP contribution in [0.4, 0.5) is 4.39 Å². The molecule has 1 aromatic rings. The molecule has 4 nitrogen and oxygen atoms in total. The van der Waals surface area contributed by atoms with Crippen LogP contribution in [0.25, 0.3) is 0 Å². The number of oxime groups is 1. The van der Waals surface area contributed by atoms with E-state index in [0.717, 1.165) is 0 Å². The van der Waals surface area contributed by atoms with E-state index in [9.17, 15) is 9.18 Å². The van der Waals surface area contributed by atoms with Gasteiger partial charge in [-0.2, -0.15) is 0 Å². The van der Waals surface area contributed by atoms with Gasteiger partial charge in [0.1, 0.15) is 12.1 Å². The third-order valence-electron chi connectivity index (χ3n) is 1.55. The normalized spacial score (nSPS) is 10.9. The molecule has 0 saturated carbocycles. The van der Waals surface area contributed by atoms with Crippen LogP contribution in [-0.4, -0.2) is 25.4 Å². The minimum Gasteiger partial charge on any atom is -0.337 e. The average Bonchev–Trinajstić information content (AvgIpc) is 2.25. The summed E-state index contributed by atoms with van der Waals surface area (Å²) in [6, 6.07) is 5.48. The number of rotatable bonds is 4. The van der Waals surface area contributed by atoms with Gasteiger partial charge in [0.2, 0.25) is 0 Å². The minimum atomic E-state index is -0.361. The molecule has 0 aliphatic rings. The Morgan fingerprint density at radius 2 is 2.13 bits per heavy atom. The molecule has 0 radical (unpaired) electrons. The molecule has 78 valence electrons. The van der Waals surface area contributed by atoms with Gasteiger partial charge in [-0.3, -0.25) is 0 Å². The molecule has 5 heteroatoms. The fraction of sp³-hybridized carbons (Fsp3) is 0.100. The first-order valence-corrected chi connectivity index (χ1v) is 4.15. The smallest absolute Gasteiger partial charge is 0.251 e. The highest BCUT2D eigenvalue weighted by molar-refractivity contribution is 5.94. The number of carbonyl (C=O) groups is 1. The average molecular weight is 208 g/mol.